The van der Waals surface area contributed by atoms with Gasteiger partial charge in [-0.05, 0) is 42.8 Å². The lowest BCUT2D eigenvalue weighted by Gasteiger charge is -2.06. The number of ether oxygens (including phenoxy) is 1. The summed E-state index contributed by atoms with van der Waals surface area (Å²) < 4.78 is 19.7. The van der Waals surface area contributed by atoms with E-state index in [0.717, 1.165) is 20.8 Å². The predicted octanol–water partition coefficient (Wildman–Crippen LogP) is 3.69. The maximum Gasteiger partial charge on any atom is 0.224 e. The number of carbonyl (C=O) groups is 1. The van der Waals surface area contributed by atoms with E-state index in [1.807, 2.05) is 31.2 Å². The second-order valence-corrected chi connectivity index (χ2v) is 6.40. The van der Waals surface area contributed by atoms with E-state index in [4.69, 9.17) is 4.74 Å². The van der Waals surface area contributed by atoms with Gasteiger partial charge >= 0.3 is 0 Å². The van der Waals surface area contributed by atoms with Crippen LogP contribution in [0.15, 0.2) is 42.5 Å². The van der Waals surface area contributed by atoms with Crippen LogP contribution in [0.5, 0.6) is 5.75 Å². The fourth-order valence-corrected chi connectivity index (χ4v) is 3.21. The second kappa shape index (κ2) is 7.40. The number of amides is 1. The lowest BCUT2D eigenvalue weighted by atomic mass is 10.1. The van der Waals surface area contributed by atoms with Crippen molar-refractivity contribution in [2.45, 2.75) is 20.0 Å². The number of nitrogens with zero attached hydrogens (tertiary/aromatic N) is 1. The molecule has 24 heavy (non-hydrogen) atoms. The molecular weight excluding hydrogens is 327 g/mol. The Balaban J connectivity index is 1.60. The van der Waals surface area contributed by atoms with Crippen molar-refractivity contribution in [1.29, 1.82) is 0 Å². The third-order valence-electron chi connectivity index (χ3n) is 3.42. The molecule has 0 atom stereocenters. The minimum atomic E-state index is -0.263. The highest BCUT2D eigenvalue weighted by Crippen LogP contribution is 2.24. The number of likely N-dealkylation sites (N-methyl/N-ethyl adjacent to an activating group) is 1. The predicted molar refractivity (Wildman–Crippen MR) is 92.7 cm³/mol. The normalized spacial score (nSPS) is 10.8. The molecule has 1 N–H and O–H groups in total. The van der Waals surface area contributed by atoms with Crippen molar-refractivity contribution in [3.05, 3.63) is 58.9 Å². The van der Waals surface area contributed by atoms with Crippen LogP contribution < -0.4 is 10.1 Å². The van der Waals surface area contributed by atoms with Crippen LogP contribution >= 0.6 is 11.3 Å². The average Bonchev–Trinajstić information content (AvgIpc) is 2.96. The van der Waals surface area contributed by atoms with Gasteiger partial charge in [0.2, 0.25) is 5.91 Å². The Hall–Kier alpha value is -2.47. The molecule has 1 aromatic heterocycles. The molecule has 0 unspecified atom stereocenters. The van der Waals surface area contributed by atoms with Gasteiger partial charge in [0.1, 0.15) is 23.2 Å². The van der Waals surface area contributed by atoms with Gasteiger partial charge in [0.05, 0.1) is 16.6 Å². The molecule has 1 amide bonds. The SMILES string of the molecule is CCNC(=O)Cc1ccc(OCc2nc3ccc(F)cc3s2)cc1. The molecule has 6 heteroatoms. The van der Waals surface area contributed by atoms with Crippen LogP contribution in [0.25, 0.3) is 10.2 Å². The third-order valence-corrected chi connectivity index (χ3v) is 4.41. The quantitative estimate of drug-likeness (QED) is 0.742. The molecule has 0 fully saturated rings. The summed E-state index contributed by atoms with van der Waals surface area (Å²) in [5.74, 6) is 0.453. The van der Waals surface area contributed by atoms with E-state index in [1.54, 1.807) is 6.07 Å². The number of aromatic nitrogens is 1. The summed E-state index contributed by atoms with van der Waals surface area (Å²) in [6.45, 7) is 2.86. The summed E-state index contributed by atoms with van der Waals surface area (Å²) in [6.07, 6.45) is 0.359. The summed E-state index contributed by atoms with van der Waals surface area (Å²) in [4.78, 5) is 16.0. The van der Waals surface area contributed by atoms with Crippen molar-refractivity contribution < 1.29 is 13.9 Å². The molecule has 0 aliphatic heterocycles. The van der Waals surface area contributed by atoms with Crippen LogP contribution in [-0.4, -0.2) is 17.4 Å². The molecule has 2 aromatic carbocycles. The third kappa shape index (κ3) is 4.08. The molecule has 124 valence electrons. The zero-order chi connectivity index (χ0) is 16.9. The van der Waals surface area contributed by atoms with E-state index in [2.05, 4.69) is 10.3 Å². The first-order valence-electron chi connectivity index (χ1n) is 7.67. The minimum Gasteiger partial charge on any atom is -0.486 e. The van der Waals surface area contributed by atoms with E-state index in [-0.39, 0.29) is 11.7 Å². The Kier molecular flexibility index (Phi) is 5.05. The van der Waals surface area contributed by atoms with Crippen LogP contribution in [0.1, 0.15) is 17.5 Å². The number of hydrogen-bond acceptors (Lipinski definition) is 4. The second-order valence-electron chi connectivity index (χ2n) is 5.28. The maximum atomic E-state index is 13.2. The number of fused-ring (bicyclic) bond motifs is 1. The van der Waals surface area contributed by atoms with Crippen LogP contribution in [0.4, 0.5) is 4.39 Å². The summed E-state index contributed by atoms with van der Waals surface area (Å²) >= 11 is 1.42. The number of rotatable bonds is 6. The molecule has 0 spiro atoms. The summed E-state index contributed by atoms with van der Waals surface area (Å²) in [7, 11) is 0. The molecule has 0 aliphatic carbocycles. The Labute approximate surface area is 143 Å². The number of carbonyl (C=O) groups excluding carboxylic acids is 1. The van der Waals surface area contributed by atoms with Crippen LogP contribution in [0.3, 0.4) is 0 Å². The van der Waals surface area contributed by atoms with Gasteiger partial charge < -0.3 is 10.1 Å². The van der Waals surface area contributed by atoms with Crippen molar-refractivity contribution in [3.63, 3.8) is 0 Å². The van der Waals surface area contributed by atoms with Crippen molar-refractivity contribution in [3.8, 4) is 5.75 Å². The van der Waals surface area contributed by atoms with Gasteiger partial charge in [-0.15, -0.1) is 11.3 Å². The van der Waals surface area contributed by atoms with E-state index >= 15 is 0 Å². The highest BCUT2D eigenvalue weighted by atomic mass is 32.1. The van der Waals surface area contributed by atoms with Gasteiger partial charge in [0, 0.05) is 6.54 Å². The smallest absolute Gasteiger partial charge is 0.224 e. The van der Waals surface area contributed by atoms with Gasteiger partial charge in [-0.25, -0.2) is 9.37 Å². The number of thiazole rings is 1. The number of nitrogens with one attached hydrogen (secondary N) is 1. The molecule has 0 radical (unpaired) electrons. The highest BCUT2D eigenvalue weighted by molar-refractivity contribution is 7.18. The first-order chi connectivity index (χ1) is 11.6. The lowest BCUT2D eigenvalue weighted by Crippen LogP contribution is -2.24. The van der Waals surface area contributed by atoms with Gasteiger partial charge in [-0.2, -0.15) is 0 Å². The number of hydrogen-bond donors (Lipinski definition) is 1. The summed E-state index contributed by atoms with van der Waals surface area (Å²) in [5.41, 5.74) is 1.71. The highest BCUT2D eigenvalue weighted by Gasteiger charge is 2.06. The molecule has 0 bridgehead atoms. The van der Waals surface area contributed by atoms with Crippen molar-refractivity contribution >= 4 is 27.5 Å². The minimum absolute atomic E-state index is 0.00729. The first kappa shape index (κ1) is 16.4. The molecular formula is C18H17FN2O2S. The van der Waals surface area contributed by atoms with Crippen LogP contribution in [0, 0.1) is 5.82 Å². The topological polar surface area (TPSA) is 51.2 Å². The largest absolute Gasteiger partial charge is 0.486 e. The van der Waals surface area contributed by atoms with Gasteiger partial charge in [0.15, 0.2) is 0 Å². The fraction of sp³-hybridized carbons (Fsp3) is 0.222. The number of halogens is 1. The van der Waals surface area contributed by atoms with Gasteiger partial charge in [-0.1, -0.05) is 12.1 Å². The molecule has 3 rings (SSSR count). The van der Waals surface area contributed by atoms with E-state index in [0.29, 0.717) is 25.3 Å². The zero-order valence-electron chi connectivity index (χ0n) is 13.2. The van der Waals surface area contributed by atoms with E-state index < -0.39 is 0 Å². The maximum absolute atomic E-state index is 13.2. The molecule has 4 nitrogen and oxygen atoms in total. The van der Waals surface area contributed by atoms with Crippen molar-refractivity contribution in [2.75, 3.05) is 6.54 Å². The van der Waals surface area contributed by atoms with Crippen LogP contribution in [-0.2, 0) is 17.8 Å². The molecule has 3 aromatic rings. The Morgan fingerprint density at radius 2 is 2.04 bits per heavy atom. The average molecular weight is 344 g/mol. The van der Waals surface area contributed by atoms with E-state index in [1.165, 1.54) is 23.5 Å². The van der Waals surface area contributed by atoms with Gasteiger partial charge in [-0.3, -0.25) is 4.79 Å². The van der Waals surface area contributed by atoms with Crippen molar-refractivity contribution in [1.82, 2.24) is 10.3 Å². The zero-order valence-corrected chi connectivity index (χ0v) is 14.0. The van der Waals surface area contributed by atoms with Crippen LogP contribution in [0.2, 0.25) is 0 Å². The Bertz CT molecular complexity index is 846. The summed E-state index contributed by atoms with van der Waals surface area (Å²) in [6, 6.07) is 12.0. The standard InChI is InChI=1S/C18H17FN2O2S/c1-2-20-17(22)9-12-3-6-14(7-4-12)23-11-18-21-15-8-5-13(19)10-16(15)24-18/h3-8,10H,2,9,11H2,1H3,(H,20,22). The van der Waals surface area contributed by atoms with Crippen molar-refractivity contribution in [2.24, 2.45) is 0 Å². The van der Waals surface area contributed by atoms with Gasteiger partial charge in [0.25, 0.3) is 0 Å². The molecule has 0 saturated heterocycles. The monoisotopic (exact) mass is 344 g/mol. The molecule has 1 heterocycles. The Morgan fingerprint density at radius 1 is 1.25 bits per heavy atom. The first-order valence-corrected chi connectivity index (χ1v) is 8.49. The Morgan fingerprint density at radius 3 is 2.79 bits per heavy atom. The van der Waals surface area contributed by atoms with E-state index in [9.17, 15) is 9.18 Å². The molecule has 0 saturated carbocycles. The molecule has 0 aliphatic rings. The lowest BCUT2D eigenvalue weighted by molar-refractivity contribution is -0.120. The fourth-order valence-electron chi connectivity index (χ4n) is 2.30. The summed E-state index contributed by atoms with van der Waals surface area (Å²) in [5, 5.41) is 3.56. The number of benzene rings is 2.